The van der Waals surface area contributed by atoms with E-state index >= 15 is 0 Å². The minimum Gasteiger partial charge on any atom is -0.398 e. The highest BCUT2D eigenvalue weighted by molar-refractivity contribution is 6.00. The Morgan fingerprint density at radius 2 is 2.06 bits per heavy atom. The van der Waals surface area contributed by atoms with Crippen LogP contribution in [0.2, 0.25) is 0 Å². The molecule has 3 nitrogen and oxygen atoms in total. The van der Waals surface area contributed by atoms with Crippen LogP contribution >= 0.6 is 0 Å². The molecule has 1 aromatic carbocycles. The van der Waals surface area contributed by atoms with Crippen molar-refractivity contribution in [2.24, 2.45) is 5.92 Å². The molecule has 0 spiro atoms. The maximum absolute atomic E-state index is 11.5. The van der Waals surface area contributed by atoms with Gasteiger partial charge in [0.15, 0.2) is 5.78 Å². The summed E-state index contributed by atoms with van der Waals surface area (Å²) in [5.74, 6) is 0.713. The van der Waals surface area contributed by atoms with E-state index in [1.807, 2.05) is 18.2 Å². The number of hydrogen-bond acceptors (Lipinski definition) is 3. The summed E-state index contributed by atoms with van der Waals surface area (Å²) >= 11 is 0. The zero-order valence-corrected chi connectivity index (χ0v) is 11.2. The molecule has 0 aliphatic heterocycles. The number of nitrogens with two attached hydrogens (primary N) is 1. The Kier molecular flexibility index (Phi) is 3.90. The van der Waals surface area contributed by atoms with Crippen molar-refractivity contribution in [3.05, 3.63) is 23.8 Å². The van der Waals surface area contributed by atoms with Crippen molar-refractivity contribution in [3.8, 4) is 0 Å². The monoisotopic (exact) mass is 246 g/mol. The molecule has 1 aliphatic carbocycles. The molecule has 1 fully saturated rings. The van der Waals surface area contributed by atoms with E-state index in [4.69, 9.17) is 5.73 Å². The third-order valence-electron chi connectivity index (χ3n) is 3.90. The van der Waals surface area contributed by atoms with Crippen LogP contribution in [0.15, 0.2) is 18.2 Å². The molecule has 3 N–H and O–H groups in total. The fourth-order valence-corrected chi connectivity index (χ4v) is 2.70. The Bertz CT molecular complexity index is 442. The van der Waals surface area contributed by atoms with E-state index in [0.29, 0.717) is 23.2 Å². The topological polar surface area (TPSA) is 55.1 Å². The van der Waals surface area contributed by atoms with Crippen molar-refractivity contribution < 1.29 is 4.79 Å². The normalized spacial score (nSPS) is 23.7. The molecule has 2 unspecified atom stereocenters. The lowest BCUT2D eigenvalue weighted by atomic mass is 9.86. The van der Waals surface area contributed by atoms with Crippen LogP contribution < -0.4 is 11.1 Å². The Morgan fingerprint density at radius 3 is 2.72 bits per heavy atom. The average Bonchev–Trinajstić information content (AvgIpc) is 2.34. The fraction of sp³-hybridized carbons (Fsp3) is 0.533. The SMILES string of the molecule is CC(=O)c1cc(NC2CCCCC2C)ccc1N. The van der Waals surface area contributed by atoms with Gasteiger partial charge in [0, 0.05) is 23.0 Å². The number of hydrogen-bond donors (Lipinski definition) is 2. The largest absolute Gasteiger partial charge is 0.398 e. The van der Waals surface area contributed by atoms with Gasteiger partial charge in [0.2, 0.25) is 0 Å². The third-order valence-corrected chi connectivity index (χ3v) is 3.90. The zero-order chi connectivity index (χ0) is 13.1. The Hall–Kier alpha value is -1.51. The lowest BCUT2D eigenvalue weighted by Gasteiger charge is -2.30. The lowest BCUT2D eigenvalue weighted by molar-refractivity contribution is 0.101. The Morgan fingerprint density at radius 1 is 1.33 bits per heavy atom. The summed E-state index contributed by atoms with van der Waals surface area (Å²) in [6, 6.07) is 6.16. The van der Waals surface area contributed by atoms with Crippen LogP contribution in [0.1, 0.15) is 49.9 Å². The first-order valence-electron chi connectivity index (χ1n) is 6.75. The van der Waals surface area contributed by atoms with Crippen LogP contribution in [0.5, 0.6) is 0 Å². The molecule has 0 heterocycles. The predicted molar refractivity (Wildman–Crippen MR) is 75.9 cm³/mol. The number of carbonyl (C=O) groups excluding carboxylic acids is 1. The highest BCUT2D eigenvalue weighted by Crippen LogP contribution is 2.28. The van der Waals surface area contributed by atoms with Gasteiger partial charge in [-0.2, -0.15) is 0 Å². The number of rotatable bonds is 3. The standard InChI is InChI=1S/C15H22N2O/c1-10-5-3-4-6-15(10)17-12-7-8-14(16)13(9-12)11(2)18/h7-10,15,17H,3-6,16H2,1-2H3. The molecule has 1 aromatic rings. The molecule has 1 aliphatic rings. The summed E-state index contributed by atoms with van der Waals surface area (Å²) in [5, 5.41) is 3.55. The maximum atomic E-state index is 11.5. The van der Waals surface area contributed by atoms with Gasteiger partial charge in [0.1, 0.15) is 0 Å². The van der Waals surface area contributed by atoms with Crippen molar-refractivity contribution in [2.75, 3.05) is 11.1 Å². The number of nitrogens with one attached hydrogen (secondary N) is 1. The van der Waals surface area contributed by atoms with E-state index < -0.39 is 0 Å². The van der Waals surface area contributed by atoms with Gasteiger partial charge in [0.05, 0.1) is 0 Å². The molecule has 2 atom stereocenters. The van der Waals surface area contributed by atoms with E-state index in [1.165, 1.54) is 25.7 Å². The minimum atomic E-state index is 0.0212. The number of carbonyl (C=O) groups is 1. The number of ketones is 1. The molecule has 18 heavy (non-hydrogen) atoms. The van der Waals surface area contributed by atoms with Crippen LogP contribution in [-0.2, 0) is 0 Å². The third kappa shape index (κ3) is 2.84. The summed E-state index contributed by atoms with van der Waals surface area (Å²) < 4.78 is 0. The highest BCUT2D eigenvalue weighted by Gasteiger charge is 2.21. The molecule has 0 aromatic heterocycles. The van der Waals surface area contributed by atoms with Crippen molar-refractivity contribution in [3.63, 3.8) is 0 Å². The van der Waals surface area contributed by atoms with Crippen LogP contribution in [-0.4, -0.2) is 11.8 Å². The van der Waals surface area contributed by atoms with Gasteiger partial charge in [-0.1, -0.05) is 19.8 Å². The number of benzene rings is 1. The van der Waals surface area contributed by atoms with E-state index in [1.54, 1.807) is 6.92 Å². The molecular formula is C15H22N2O. The quantitative estimate of drug-likeness (QED) is 0.634. The van der Waals surface area contributed by atoms with Crippen LogP contribution in [0.4, 0.5) is 11.4 Å². The summed E-state index contributed by atoms with van der Waals surface area (Å²) in [7, 11) is 0. The first-order valence-corrected chi connectivity index (χ1v) is 6.75. The first-order chi connectivity index (χ1) is 8.58. The zero-order valence-electron chi connectivity index (χ0n) is 11.2. The second kappa shape index (κ2) is 5.42. The number of nitrogen functional groups attached to an aromatic ring is 1. The highest BCUT2D eigenvalue weighted by atomic mass is 16.1. The second-order valence-electron chi connectivity index (χ2n) is 5.37. The molecule has 2 rings (SSSR count). The van der Waals surface area contributed by atoms with Crippen molar-refractivity contribution in [1.29, 1.82) is 0 Å². The van der Waals surface area contributed by atoms with Gasteiger partial charge in [-0.05, 0) is 43.9 Å². The fourth-order valence-electron chi connectivity index (χ4n) is 2.70. The lowest BCUT2D eigenvalue weighted by Crippen LogP contribution is -2.30. The van der Waals surface area contributed by atoms with Crippen LogP contribution in [0, 0.1) is 5.92 Å². The molecule has 0 bridgehead atoms. The van der Waals surface area contributed by atoms with Gasteiger partial charge in [-0.15, -0.1) is 0 Å². The smallest absolute Gasteiger partial charge is 0.161 e. The number of Topliss-reactive ketones (excluding diaryl/α,β-unsaturated/α-hetero) is 1. The summed E-state index contributed by atoms with van der Waals surface area (Å²) in [6.07, 6.45) is 5.11. The number of anilines is 2. The second-order valence-corrected chi connectivity index (χ2v) is 5.37. The summed E-state index contributed by atoms with van der Waals surface area (Å²) in [4.78, 5) is 11.5. The van der Waals surface area contributed by atoms with E-state index in [2.05, 4.69) is 12.2 Å². The molecule has 0 saturated heterocycles. The van der Waals surface area contributed by atoms with E-state index in [9.17, 15) is 4.79 Å². The van der Waals surface area contributed by atoms with E-state index in [0.717, 1.165) is 5.69 Å². The van der Waals surface area contributed by atoms with Gasteiger partial charge in [-0.3, -0.25) is 4.79 Å². The van der Waals surface area contributed by atoms with Crippen LogP contribution in [0.3, 0.4) is 0 Å². The minimum absolute atomic E-state index is 0.0212. The molecular weight excluding hydrogens is 224 g/mol. The molecule has 98 valence electrons. The van der Waals surface area contributed by atoms with Crippen LogP contribution in [0.25, 0.3) is 0 Å². The summed E-state index contributed by atoms with van der Waals surface area (Å²) in [6.45, 7) is 3.85. The predicted octanol–water partition coefficient (Wildman–Crippen LogP) is 3.46. The van der Waals surface area contributed by atoms with Gasteiger partial charge in [0.25, 0.3) is 0 Å². The average molecular weight is 246 g/mol. The van der Waals surface area contributed by atoms with Crippen molar-refractivity contribution in [2.45, 2.75) is 45.6 Å². The van der Waals surface area contributed by atoms with Crippen molar-refractivity contribution >= 4 is 17.2 Å². The van der Waals surface area contributed by atoms with E-state index in [-0.39, 0.29) is 5.78 Å². The summed E-state index contributed by atoms with van der Waals surface area (Å²) in [5.41, 5.74) is 7.98. The van der Waals surface area contributed by atoms with Gasteiger partial charge >= 0.3 is 0 Å². The Balaban J connectivity index is 2.14. The maximum Gasteiger partial charge on any atom is 0.161 e. The Labute approximate surface area is 109 Å². The van der Waals surface area contributed by atoms with Gasteiger partial charge < -0.3 is 11.1 Å². The molecule has 0 amide bonds. The van der Waals surface area contributed by atoms with Crippen molar-refractivity contribution in [1.82, 2.24) is 0 Å². The van der Waals surface area contributed by atoms with Gasteiger partial charge in [-0.25, -0.2) is 0 Å². The molecule has 1 saturated carbocycles. The first kappa shape index (κ1) is 12.9. The molecule has 0 radical (unpaired) electrons. The molecule has 3 heteroatoms.